The maximum Gasteiger partial charge on any atom is 0.418 e. The summed E-state index contributed by atoms with van der Waals surface area (Å²) in [4.78, 5) is 0. The highest BCUT2D eigenvalue weighted by Crippen LogP contribution is 2.36. The van der Waals surface area contributed by atoms with E-state index in [1.165, 1.54) is 12.1 Å². The Kier molecular flexibility index (Phi) is 5.01. The zero-order chi connectivity index (χ0) is 17.1. The molecule has 0 aliphatic carbocycles. The van der Waals surface area contributed by atoms with Crippen LogP contribution in [0.1, 0.15) is 11.1 Å². The molecule has 8 heteroatoms. The van der Waals surface area contributed by atoms with E-state index in [9.17, 15) is 21.6 Å². The van der Waals surface area contributed by atoms with Crippen LogP contribution in [0.25, 0.3) is 6.08 Å². The molecule has 0 saturated heterocycles. The fourth-order valence-corrected chi connectivity index (χ4v) is 2.82. The molecule has 3 nitrogen and oxygen atoms in total. The molecule has 1 N–H and O–H groups in total. The summed E-state index contributed by atoms with van der Waals surface area (Å²) in [6.45, 7) is 0. The van der Waals surface area contributed by atoms with Gasteiger partial charge in [0.05, 0.1) is 16.7 Å². The van der Waals surface area contributed by atoms with E-state index in [1.807, 2.05) is 4.72 Å². The van der Waals surface area contributed by atoms with Gasteiger partial charge in [-0.05, 0) is 29.8 Å². The molecule has 0 heterocycles. The Morgan fingerprint density at radius 1 is 1.04 bits per heavy atom. The maximum absolute atomic E-state index is 12.9. The van der Waals surface area contributed by atoms with Gasteiger partial charge in [0, 0.05) is 5.02 Å². The lowest BCUT2D eigenvalue weighted by Crippen LogP contribution is -2.15. The Hall–Kier alpha value is -1.99. The Labute approximate surface area is 136 Å². The molecular weight excluding hydrogens is 351 g/mol. The summed E-state index contributed by atoms with van der Waals surface area (Å²) in [5, 5.41) is 0.664. The van der Waals surface area contributed by atoms with E-state index in [-0.39, 0.29) is 5.02 Å². The largest absolute Gasteiger partial charge is 0.418 e. The van der Waals surface area contributed by atoms with Crippen molar-refractivity contribution >= 4 is 33.4 Å². The van der Waals surface area contributed by atoms with Gasteiger partial charge in [-0.15, -0.1) is 0 Å². The quantitative estimate of drug-likeness (QED) is 0.852. The van der Waals surface area contributed by atoms with Gasteiger partial charge in [-0.1, -0.05) is 41.9 Å². The predicted molar refractivity (Wildman–Crippen MR) is 84.5 cm³/mol. The van der Waals surface area contributed by atoms with Gasteiger partial charge in [-0.2, -0.15) is 13.2 Å². The molecule has 0 amide bonds. The van der Waals surface area contributed by atoms with Crippen LogP contribution in [0.2, 0.25) is 5.02 Å². The maximum atomic E-state index is 12.9. The van der Waals surface area contributed by atoms with Crippen molar-refractivity contribution in [3.63, 3.8) is 0 Å². The van der Waals surface area contributed by atoms with E-state index >= 15 is 0 Å². The van der Waals surface area contributed by atoms with Crippen molar-refractivity contribution < 1.29 is 21.6 Å². The first-order valence-electron chi connectivity index (χ1n) is 6.30. The lowest BCUT2D eigenvalue weighted by molar-refractivity contribution is -0.136. The standard InChI is InChI=1S/C15H11ClF3NO2S/c16-12-6-7-14(13(10-12)15(17,18)19)20-23(21,22)9-8-11-4-2-1-3-5-11/h1-10,20H/b9-8-. The van der Waals surface area contributed by atoms with Crippen molar-refractivity contribution in [1.82, 2.24) is 0 Å². The fourth-order valence-electron chi connectivity index (χ4n) is 1.76. The summed E-state index contributed by atoms with van der Waals surface area (Å²) in [5.41, 5.74) is -1.13. The zero-order valence-electron chi connectivity index (χ0n) is 11.5. The van der Waals surface area contributed by atoms with E-state index in [0.717, 1.165) is 11.5 Å². The molecule has 0 bridgehead atoms. The molecule has 0 atom stereocenters. The van der Waals surface area contributed by atoms with Crippen molar-refractivity contribution in [2.24, 2.45) is 0 Å². The van der Waals surface area contributed by atoms with Crippen molar-refractivity contribution in [3.8, 4) is 0 Å². The third kappa shape index (κ3) is 5.01. The number of nitrogens with one attached hydrogen (secondary N) is 1. The van der Waals surface area contributed by atoms with Crippen LogP contribution in [0, 0.1) is 0 Å². The molecule has 0 spiro atoms. The summed E-state index contributed by atoms with van der Waals surface area (Å²) >= 11 is 5.54. The lowest BCUT2D eigenvalue weighted by Gasteiger charge is -2.14. The van der Waals surface area contributed by atoms with Crippen LogP contribution in [0.3, 0.4) is 0 Å². The van der Waals surface area contributed by atoms with Gasteiger partial charge in [0.25, 0.3) is 10.0 Å². The van der Waals surface area contributed by atoms with Crippen molar-refractivity contribution in [2.45, 2.75) is 6.18 Å². The molecule has 2 aromatic rings. The van der Waals surface area contributed by atoms with Crippen molar-refractivity contribution in [3.05, 3.63) is 70.1 Å². The molecule has 0 aliphatic heterocycles. The second kappa shape index (κ2) is 6.64. The SMILES string of the molecule is O=S(=O)(/C=C\c1ccccc1)Nc1ccc(Cl)cc1C(F)(F)F. The first kappa shape index (κ1) is 17.4. The number of hydrogen-bond acceptors (Lipinski definition) is 2. The van der Waals surface area contributed by atoms with E-state index in [0.29, 0.717) is 11.6 Å². The molecule has 23 heavy (non-hydrogen) atoms. The van der Waals surface area contributed by atoms with Gasteiger partial charge in [0.15, 0.2) is 0 Å². The normalized spacial score (nSPS) is 12.5. The summed E-state index contributed by atoms with van der Waals surface area (Å²) in [6, 6.07) is 11.3. The van der Waals surface area contributed by atoms with Gasteiger partial charge in [-0.25, -0.2) is 8.42 Å². The second-order valence-corrected chi connectivity index (χ2v) is 6.55. The minimum Gasteiger partial charge on any atom is -0.280 e. The number of benzene rings is 2. The first-order valence-corrected chi connectivity index (χ1v) is 8.22. The van der Waals surface area contributed by atoms with Crippen molar-refractivity contribution in [2.75, 3.05) is 4.72 Å². The third-order valence-electron chi connectivity index (χ3n) is 2.78. The van der Waals surface area contributed by atoms with Gasteiger partial charge >= 0.3 is 6.18 Å². The van der Waals surface area contributed by atoms with Gasteiger partial charge in [0.2, 0.25) is 0 Å². The first-order chi connectivity index (χ1) is 10.7. The number of alkyl halides is 3. The van der Waals surface area contributed by atoms with Gasteiger partial charge in [0.1, 0.15) is 0 Å². The highest BCUT2D eigenvalue weighted by atomic mass is 35.5. The van der Waals surface area contributed by atoms with Gasteiger partial charge in [-0.3, -0.25) is 4.72 Å². The van der Waals surface area contributed by atoms with E-state index < -0.39 is 27.5 Å². The number of sulfonamides is 1. The Morgan fingerprint density at radius 2 is 1.70 bits per heavy atom. The minimum absolute atomic E-state index is 0.139. The van der Waals surface area contributed by atoms with Gasteiger partial charge < -0.3 is 0 Å². The van der Waals surface area contributed by atoms with E-state index in [1.54, 1.807) is 30.3 Å². The van der Waals surface area contributed by atoms with Crippen LogP contribution in [-0.2, 0) is 16.2 Å². The molecule has 0 aromatic heterocycles. The monoisotopic (exact) mass is 361 g/mol. The van der Waals surface area contributed by atoms with E-state index in [2.05, 4.69) is 0 Å². The highest BCUT2D eigenvalue weighted by Gasteiger charge is 2.34. The average molecular weight is 362 g/mol. The zero-order valence-corrected chi connectivity index (χ0v) is 13.1. The second-order valence-electron chi connectivity index (χ2n) is 4.55. The number of anilines is 1. The summed E-state index contributed by atoms with van der Waals surface area (Å²) in [5.74, 6) is 0. The minimum atomic E-state index is -4.73. The number of hydrogen-bond donors (Lipinski definition) is 1. The Balaban J connectivity index is 2.29. The smallest absolute Gasteiger partial charge is 0.280 e. The van der Waals surface area contributed by atoms with Crippen LogP contribution >= 0.6 is 11.6 Å². The topological polar surface area (TPSA) is 46.2 Å². The average Bonchev–Trinajstić information content (AvgIpc) is 2.47. The highest BCUT2D eigenvalue weighted by molar-refractivity contribution is 7.95. The number of halogens is 4. The molecule has 122 valence electrons. The molecule has 0 aliphatic rings. The summed E-state index contributed by atoms with van der Waals surface area (Å²) in [7, 11) is -4.10. The lowest BCUT2D eigenvalue weighted by atomic mass is 10.2. The number of rotatable bonds is 4. The molecule has 0 fully saturated rings. The molecule has 2 rings (SSSR count). The summed E-state index contributed by atoms with van der Waals surface area (Å²) < 4.78 is 64.6. The summed E-state index contributed by atoms with van der Waals surface area (Å²) in [6.07, 6.45) is -3.45. The van der Waals surface area contributed by atoms with Crippen molar-refractivity contribution in [1.29, 1.82) is 0 Å². The Bertz CT molecular complexity index is 818. The molecule has 0 radical (unpaired) electrons. The van der Waals surface area contributed by atoms with Crippen LogP contribution < -0.4 is 4.72 Å². The fraction of sp³-hybridized carbons (Fsp3) is 0.0667. The van der Waals surface area contributed by atoms with Crippen LogP contribution in [0.4, 0.5) is 18.9 Å². The third-order valence-corrected chi connectivity index (χ3v) is 4.01. The Morgan fingerprint density at radius 3 is 2.30 bits per heavy atom. The van der Waals surface area contributed by atoms with E-state index in [4.69, 9.17) is 11.6 Å². The molecule has 0 saturated carbocycles. The van der Waals surface area contributed by atoms with Crippen LogP contribution in [0.15, 0.2) is 53.9 Å². The predicted octanol–water partition coefficient (Wildman–Crippen LogP) is 4.77. The molecule has 0 unspecified atom stereocenters. The van der Waals surface area contributed by atoms with Crippen LogP contribution in [0.5, 0.6) is 0 Å². The molecule has 2 aromatic carbocycles. The molecular formula is C15H11ClF3NO2S. The van der Waals surface area contributed by atoms with Crippen LogP contribution in [-0.4, -0.2) is 8.42 Å².